The third-order valence-electron chi connectivity index (χ3n) is 22.5. The summed E-state index contributed by atoms with van der Waals surface area (Å²) < 4.78 is 27.7. The van der Waals surface area contributed by atoms with Gasteiger partial charge in [-0.1, -0.05) is 126 Å². The molecule has 772 valence electrons. The second kappa shape index (κ2) is 58.6. The third-order valence-corrected chi connectivity index (χ3v) is 23.7. The van der Waals surface area contributed by atoms with Crippen LogP contribution in [0.5, 0.6) is 34.5 Å². The summed E-state index contributed by atoms with van der Waals surface area (Å²) in [7, 11) is -1.44. The first-order chi connectivity index (χ1) is 70.2. The predicted octanol–water partition coefficient (Wildman–Crippen LogP) is 17.0. The lowest BCUT2D eigenvalue weighted by molar-refractivity contribution is -0.117. The van der Waals surface area contributed by atoms with Gasteiger partial charge in [0, 0.05) is 93.7 Å². The number of nitrogens with one attached hydrogen (secondary N) is 4. The van der Waals surface area contributed by atoms with E-state index in [1.54, 1.807) is 60.7 Å². The molecule has 0 bridgehead atoms. The average molecular weight is 2100 g/mol. The number of para-hydroxylation sites is 3. The van der Waals surface area contributed by atoms with Crippen molar-refractivity contribution in [2.45, 2.75) is 147 Å². The van der Waals surface area contributed by atoms with Gasteiger partial charge in [0.1, 0.15) is 102 Å². The van der Waals surface area contributed by atoms with Crippen LogP contribution >= 0.6 is 58.0 Å². The van der Waals surface area contributed by atoms with E-state index in [4.69, 9.17) is 141 Å². The highest BCUT2D eigenvalue weighted by Gasteiger charge is 2.29. The van der Waals surface area contributed by atoms with Gasteiger partial charge < -0.3 is 103 Å². The zero-order valence-electron chi connectivity index (χ0n) is 82.5. The van der Waals surface area contributed by atoms with Gasteiger partial charge in [-0.15, -0.1) is 0 Å². The number of pyridine rings is 5. The first kappa shape index (κ1) is 116. The number of nitrogens with two attached hydrogens (primary N) is 5. The van der Waals surface area contributed by atoms with Gasteiger partial charge in [-0.3, -0.25) is 24.0 Å². The van der Waals surface area contributed by atoms with Gasteiger partial charge in [-0.2, -0.15) is 10.5 Å². The quantitative estimate of drug-likeness (QED) is 0.0138. The average Bonchev–Trinajstić information content (AvgIpc) is 0.812. The van der Waals surface area contributed by atoms with Crippen molar-refractivity contribution in [1.82, 2.24) is 46.2 Å². The molecule has 0 unspecified atom stereocenters. The van der Waals surface area contributed by atoms with Crippen LogP contribution in [-0.2, 0) is 19.1 Å². The van der Waals surface area contributed by atoms with Gasteiger partial charge in [-0.05, 0) is 306 Å². The number of ether oxygens (including phenoxy) is 5. The molecule has 5 aromatic heterocycles. The van der Waals surface area contributed by atoms with E-state index in [9.17, 15) is 33.6 Å². The molecule has 40 heteroatoms. The number of alkyl carbamates (subject to hydrolysis) is 2. The summed E-state index contributed by atoms with van der Waals surface area (Å²) in [6, 6.07) is 72.0. The van der Waals surface area contributed by atoms with Crippen LogP contribution in [0.1, 0.15) is 148 Å². The number of rotatable bonds is 21. The number of aromatic nitrogens is 5. The minimum absolute atomic E-state index is 0.0925. The molecule has 16 rings (SSSR count). The second-order valence-electron chi connectivity index (χ2n) is 35.9. The lowest BCUT2D eigenvalue weighted by Gasteiger charge is -2.33. The van der Waals surface area contributed by atoms with E-state index in [1.165, 1.54) is 18.2 Å². The largest absolute Gasteiger partial charge is 0.488 e. The van der Waals surface area contributed by atoms with E-state index in [-0.39, 0.29) is 69.3 Å². The Labute approximate surface area is 881 Å². The molecule has 5 aliphatic rings. The number of nitriles is 2. The number of piperidine rings is 5. The van der Waals surface area contributed by atoms with Crippen LogP contribution in [0.2, 0.25) is 20.6 Å². The molecule has 34 nitrogen and oxygen atoms in total. The summed E-state index contributed by atoms with van der Waals surface area (Å²) >= 11 is 27.6. The Morgan fingerprint density at radius 3 is 1.03 bits per heavy atom. The van der Waals surface area contributed by atoms with E-state index in [0.717, 1.165) is 187 Å². The monoisotopic (exact) mass is 2100 g/mol. The van der Waals surface area contributed by atoms with Crippen molar-refractivity contribution in [1.29, 1.82) is 10.5 Å². The van der Waals surface area contributed by atoms with Crippen LogP contribution in [0.25, 0.3) is 22.5 Å². The van der Waals surface area contributed by atoms with E-state index in [0.29, 0.717) is 61.5 Å². The fraction of sp³-hybridized carbons (Fsp3) is 0.308. The second-order valence-corrected chi connectivity index (χ2v) is 37.7. The molecule has 0 atom stereocenters. The van der Waals surface area contributed by atoms with Gasteiger partial charge >= 0.3 is 19.3 Å². The minimum Gasteiger partial charge on any atom is -0.457 e. The molecule has 10 heterocycles. The number of nitrogens with zero attached hydrogens (tertiary/aromatic N) is 11. The number of anilines is 4. The van der Waals surface area contributed by atoms with E-state index in [2.05, 4.69) is 69.0 Å². The first-order valence-corrected chi connectivity index (χ1v) is 49.3. The third kappa shape index (κ3) is 40.1. The fourth-order valence-corrected chi connectivity index (χ4v) is 15.8. The number of halogens is 5. The van der Waals surface area contributed by atoms with Crippen molar-refractivity contribution < 1.29 is 67.3 Å². The number of carbonyl (C=O) groups excluding carboxylic acids is 7. The Morgan fingerprint density at radius 2 is 0.714 bits per heavy atom. The number of hydrogen-bond donors (Lipinski definition) is 11. The Morgan fingerprint density at radius 1 is 0.408 bits per heavy atom. The fourth-order valence-electron chi connectivity index (χ4n) is 14.9. The number of primary amides is 3. The molecule has 147 heavy (non-hydrogen) atoms. The van der Waals surface area contributed by atoms with Crippen LogP contribution in [-0.4, -0.2) is 190 Å². The summed E-state index contributed by atoms with van der Waals surface area (Å²) in [6.45, 7) is 26.1. The molecule has 0 radical (unpaired) electrons. The van der Waals surface area contributed by atoms with Crippen LogP contribution < -0.4 is 89.2 Å². The number of hydrogen-bond acceptors (Lipinski definition) is 28. The highest BCUT2D eigenvalue weighted by Crippen LogP contribution is 2.34. The highest BCUT2D eigenvalue weighted by molar-refractivity contribution is 6.66. The molecule has 5 fully saturated rings. The molecule has 16 N–H and O–H groups in total. The molecular formula is C107H122BCl5N20O14. The SMILES string of the molecule is C=CC(=O)Cl.C=CC(=O)NC1CCN(c2ccc(C(N)=O)c(-c3ccc(Oc4ccccc4)cc3)n2)CC1.CC(C)(C)OC(=O)NC1CCN(c2ccc(C#N)c(Cl)n2)CC1.CC(C)(C)OC(=O)NC1CCNCC1.N#Cc1ccc(Cl)nc1Cl.NC(=O)c1ccc(N2CCC(N)CC2)nc1-c1ccc(Oc2ccccc2)cc1.NC(=O)c1ccc(N2CCC(N)CC2)nc1Cl.OB(O)c1ccc(Oc2ccccc2)cc1. The summed E-state index contributed by atoms with van der Waals surface area (Å²) in [4.78, 5) is 109. The van der Waals surface area contributed by atoms with Crippen molar-refractivity contribution in [3.63, 3.8) is 0 Å². The summed E-state index contributed by atoms with van der Waals surface area (Å²) in [5, 5.41) is 47.4. The Bertz CT molecular complexity index is 6240. The van der Waals surface area contributed by atoms with E-state index >= 15 is 0 Å². The number of benzene rings is 6. The summed E-state index contributed by atoms with van der Waals surface area (Å²) in [5.41, 5.74) is 32.2. The van der Waals surface area contributed by atoms with Crippen LogP contribution in [0.3, 0.4) is 0 Å². The van der Waals surface area contributed by atoms with Crippen LogP contribution in [0, 0.1) is 22.7 Å². The molecule has 5 aliphatic heterocycles. The smallest absolute Gasteiger partial charge is 0.457 e. The van der Waals surface area contributed by atoms with Crippen molar-refractivity contribution >= 4 is 135 Å². The van der Waals surface area contributed by atoms with Gasteiger partial charge in [-0.25, -0.2) is 34.5 Å². The summed E-state index contributed by atoms with van der Waals surface area (Å²) in [6.07, 6.45) is 10.6. The first-order valence-electron chi connectivity index (χ1n) is 47.4. The maximum absolute atomic E-state index is 12.1. The number of carbonyl (C=O) groups is 7. The number of amides is 6. The van der Waals surface area contributed by atoms with Crippen molar-refractivity contribution in [3.8, 4) is 69.2 Å². The van der Waals surface area contributed by atoms with Gasteiger partial charge in [0.05, 0.1) is 39.2 Å². The minimum atomic E-state index is -1.44. The van der Waals surface area contributed by atoms with Gasteiger partial charge in [0.25, 0.3) is 17.7 Å². The lowest BCUT2D eigenvalue weighted by Crippen LogP contribution is -2.46. The van der Waals surface area contributed by atoms with Crippen molar-refractivity contribution in [3.05, 3.63) is 298 Å². The van der Waals surface area contributed by atoms with Gasteiger partial charge in [0.15, 0.2) is 0 Å². The van der Waals surface area contributed by atoms with E-state index in [1.807, 2.05) is 205 Å². The maximum Gasteiger partial charge on any atom is 0.488 e. The van der Waals surface area contributed by atoms with Crippen LogP contribution in [0.15, 0.2) is 250 Å². The lowest BCUT2D eigenvalue weighted by atomic mass is 9.80. The Hall–Kier alpha value is -14.5. The van der Waals surface area contributed by atoms with Gasteiger partial charge in [0.2, 0.25) is 11.1 Å². The molecule has 0 spiro atoms. The number of allylic oxidation sites excluding steroid dienone is 1. The van der Waals surface area contributed by atoms with Crippen molar-refractivity contribution in [2.24, 2.45) is 28.7 Å². The zero-order valence-corrected chi connectivity index (χ0v) is 86.3. The normalized spacial score (nSPS) is 14.2. The molecule has 0 aliphatic carbocycles. The van der Waals surface area contributed by atoms with Crippen LogP contribution in [0.4, 0.5) is 32.9 Å². The maximum atomic E-state index is 12.1. The molecule has 6 amide bonds. The molecule has 11 aromatic rings. The molecule has 6 aromatic carbocycles. The molecule has 0 saturated carbocycles. The zero-order chi connectivity index (χ0) is 107. The molecule has 5 saturated heterocycles. The highest BCUT2D eigenvalue weighted by atomic mass is 35.5. The standard InChI is InChI=1S/C26H26N4O3.C23H24N4O2.C16H21ClN4O2.C12H11BO3.C11H15ClN4O.C10H20N2O2.C6H2Cl2N2.C3H3ClO/c1-2-24(31)28-19-14-16-30(17-15-19)23-13-12-22(26(27)32)25(29-23)18-8-10-21(11-9-18)33-20-6-4-3-5-7-20;24-17-12-14-27(15-13-17)21-11-10-20(23(25)28)22(26-21)16-6-8-19(9-7-16)29-18-4-2-1-3-5-18;1-16(2,3)23-15(22)19-12-6-8-21(9-7-12)13-5-4-11(10-18)14(17)20-13;14-13(15)10-6-8-12(9-7-10)16-11-4-2-1-3-5-11;12-10-8(11(14)17)1-2-9(15-10)16-5-3-7(13)4-6-16;1-10(2,3)14-9(13)12-8-4-6-11-7-5-8;7-5-2-1-4(3-9)6(8)10-5;1-2-3(4)5/h2-13,19H,1,14-17H2,(H2,27,32)(H,28,31);1-11,17H,12-15,24H2,(H2,25,28);4-5,12H,6-9H2,1-3H3,(H,19,22);1-9,14-15H;1-2,7H,3-6,13H2,(H2,14,17);8,11H,4-7H2,1-3H3,(H,12,13);1-2H;2H,1H2. The Kier molecular flexibility index (Phi) is 46.3. The summed E-state index contributed by atoms with van der Waals surface area (Å²) in [5.74, 6) is 5.71. The Balaban J connectivity index is 0.000000195. The predicted molar refractivity (Wildman–Crippen MR) is 576 cm³/mol. The molecular weight excluding hydrogens is 1980 g/mol. The van der Waals surface area contributed by atoms with Crippen molar-refractivity contribution in [2.75, 3.05) is 85.0 Å². The van der Waals surface area contributed by atoms with E-state index < -0.39 is 41.3 Å². The topological polar surface area (TPSA) is 509 Å².